The maximum atomic E-state index is 9.57. The Bertz CT molecular complexity index is 689. The largest absolute Gasteiger partial charge is 0.494 e. The molecule has 1 atom stereocenters. The third-order valence-electron chi connectivity index (χ3n) is 4.22. The van der Waals surface area contributed by atoms with E-state index >= 15 is 0 Å². The number of hydrogen-bond donors (Lipinski definition) is 0. The van der Waals surface area contributed by atoms with Crippen LogP contribution in [0.3, 0.4) is 0 Å². The maximum absolute atomic E-state index is 9.57. The van der Waals surface area contributed by atoms with Gasteiger partial charge in [-0.1, -0.05) is 36.8 Å². The van der Waals surface area contributed by atoms with Gasteiger partial charge in [0.25, 0.3) is 0 Å². The van der Waals surface area contributed by atoms with E-state index in [4.69, 9.17) is 4.74 Å². The van der Waals surface area contributed by atoms with Crippen molar-refractivity contribution in [3.8, 4) is 11.8 Å². The first-order valence-electron chi connectivity index (χ1n) is 8.24. The van der Waals surface area contributed by atoms with Crippen molar-refractivity contribution >= 4 is 0 Å². The molecule has 0 radical (unpaired) electrons. The molecule has 2 heteroatoms. The van der Waals surface area contributed by atoms with E-state index in [0.29, 0.717) is 13.0 Å². The van der Waals surface area contributed by atoms with Crippen molar-refractivity contribution in [2.75, 3.05) is 6.61 Å². The molecule has 0 amide bonds. The fraction of sp³-hybridized carbons (Fsp3) is 0.381. The summed E-state index contributed by atoms with van der Waals surface area (Å²) < 4.78 is 5.85. The van der Waals surface area contributed by atoms with Crippen LogP contribution >= 0.6 is 0 Å². The molecule has 0 aliphatic carbocycles. The van der Waals surface area contributed by atoms with E-state index in [1.54, 1.807) is 0 Å². The Labute approximate surface area is 139 Å². The average Bonchev–Trinajstić information content (AvgIpc) is 2.52. The minimum absolute atomic E-state index is 0.120. The van der Waals surface area contributed by atoms with Crippen molar-refractivity contribution in [2.45, 2.75) is 46.5 Å². The van der Waals surface area contributed by atoms with E-state index in [2.05, 4.69) is 58.0 Å². The summed E-state index contributed by atoms with van der Waals surface area (Å²) in [6.45, 7) is 8.96. The number of nitrogens with zero attached hydrogens (tertiary/aromatic N) is 1. The van der Waals surface area contributed by atoms with Gasteiger partial charge in [0, 0.05) is 6.42 Å². The molecule has 2 aromatic carbocycles. The van der Waals surface area contributed by atoms with Crippen LogP contribution in [0.5, 0.6) is 5.75 Å². The number of nitriles is 1. The summed E-state index contributed by atoms with van der Waals surface area (Å²) in [5.41, 5.74) is 6.06. The van der Waals surface area contributed by atoms with E-state index in [9.17, 15) is 5.26 Å². The Morgan fingerprint density at radius 3 is 2.39 bits per heavy atom. The molecule has 1 unspecified atom stereocenters. The number of benzene rings is 2. The summed E-state index contributed by atoms with van der Waals surface area (Å²) in [7, 11) is 0. The van der Waals surface area contributed by atoms with E-state index in [1.807, 2.05) is 12.1 Å². The van der Waals surface area contributed by atoms with Gasteiger partial charge in [0.1, 0.15) is 5.75 Å². The van der Waals surface area contributed by atoms with Gasteiger partial charge in [0.2, 0.25) is 0 Å². The normalized spacial score (nSPS) is 11.8. The molecule has 23 heavy (non-hydrogen) atoms. The Balaban J connectivity index is 2.05. The van der Waals surface area contributed by atoms with Crippen molar-refractivity contribution < 1.29 is 4.74 Å². The van der Waals surface area contributed by atoms with Crippen LogP contribution in [-0.2, 0) is 6.42 Å². The zero-order valence-corrected chi connectivity index (χ0v) is 14.5. The van der Waals surface area contributed by atoms with Crippen molar-refractivity contribution in [1.29, 1.82) is 5.26 Å². The SMILES string of the molecule is CCc1cccc(OCCC(C#N)c2c(C)cc(C)cc2C)c1. The molecule has 2 rings (SSSR count). The van der Waals surface area contributed by atoms with Gasteiger partial charge >= 0.3 is 0 Å². The number of rotatable bonds is 6. The molecule has 120 valence electrons. The Kier molecular flexibility index (Phi) is 5.82. The van der Waals surface area contributed by atoms with E-state index < -0.39 is 0 Å². The second-order valence-corrected chi connectivity index (χ2v) is 6.13. The molecule has 0 heterocycles. The smallest absolute Gasteiger partial charge is 0.119 e. The summed E-state index contributed by atoms with van der Waals surface area (Å²) in [5.74, 6) is 0.767. The van der Waals surface area contributed by atoms with Crippen molar-refractivity contribution in [3.05, 3.63) is 64.2 Å². The van der Waals surface area contributed by atoms with Crippen LogP contribution in [0.2, 0.25) is 0 Å². The van der Waals surface area contributed by atoms with E-state index in [-0.39, 0.29) is 5.92 Å². The quantitative estimate of drug-likeness (QED) is 0.730. The molecule has 0 spiro atoms. The maximum Gasteiger partial charge on any atom is 0.119 e. The molecule has 0 fully saturated rings. The lowest BCUT2D eigenvalue weighted by Gasteiger charge is -2.17. The van der Waals surface area contributed by atoms with Crippen molar-refractivity contribution in [1.82, 2.24) is 0 Å². The van der Waals surface area contributed by atoms with Gasteiger partial charge in [-0.05, 0) is 61.6 Å². The molecule has 0 aromatic heterocycles. The lowest BCUT2D eigenvalue weighted by Crippen LogP contribution is -2.08. The van der Waals surface area contributed by atoms with Gasteiger partial charge in [-0.15, -0.1) is 0 Å². The average molecular weight is 307 g/mol. The first-order chi connectivity index (χ1) is 11.0. The molecule has 0 saturated carbocycles. The van der Waals surface area contributed by atoms with Gasteiger partial charge in [-0.3, -0.25) is 0 Å². The fourth-order valence-electron chi connectivity index (χ4n) is 3.16. The van der Waals surface area contributed by atoms with Crippen molar-refractivity contribution in [2.24, 2.45) is 0 Å². The minimum Gasteiger partial charge on any atom is -0.494 e. The van der Waals surface area contributed by atoms with Gasteiger partial charge < -0.3 is 4.74 Å². The third-order valence-corrected chi connectivity index (χ3v) is 4.22. The molecule has 0 bridgehead atoms. The third kappa shape index (κ3) is 4.36. The highest BCUT2D eigenvalue weighted by molar-refractivity contribution is 5.42. The fourth-order valence-corrected chi connectivity index (χ4v) is 3.16. The van der Waals surface area contributed by atoms with Gasteiger partial charge in [-0.2, -0.15) is 5.26 Å². The second-order valence-electron chi connectivity index (χ2n) is 6.13. The van der Waals surface area contributed by atoms with Crippen LogP contribution in [0, 0.1) is 32.1 Å². The zero-order chi connectivity index (χ0) is 16.8. The van der Waals surface area contributed by atoms with E-state index in [0.717, 1.165) is 17.7 Å². The molecular formula is C21H25NO. The lowest BCUT2D eigenvalue weighted by molar-refractivity contribution is 0.305. The summed E-state index contributed by atoms with van der Waals surface area (Å²) in [5, 5.41) is 9.57. The summed E-state index contributed by atoms with van der Waals surface area (Å²) in [6, 6.07) is 14.9. The second kappa shape index (κ2) is 7.83. The van der Waals surface area contributed by atoms with Gasteiger partial charge in [0.05, 0.1) is 18.6 Å². The van der Waals surface area contributed by atoms with Gasteiger partial charge in [-0.25, -0.2) is 0 Å². The van der Waals surface area contributed by atoms with Crippen LogP contribution < -0.4 is 4.74 Å². The standard InChI is InChI=1S/C21H25NO/c1-5-18-7-6-8-20(13-18)23-10-9-19(14-22)21-16(3)11-15(2)12-17(21)4/h6-8,11-13,19H,5,9-10H2,1-4H3. The Morgan fingerprint density at radius 2 is 1.78 bits per heavy atom. The highest BCUT2D eigenvalue weighted by Crippen LogP contribution is 2.27. The Hall–Kier alpha value is -2.27. The molecular weight excluding hydrogens is 282 g/mol. The monoisotopic (exact) mass is 307 g/mol. The molecule has 2 nitrogen and oxygen atoms in total. The first kappa shape index (κ1) is 17.1. The molecule has 0 N–H and O–H groups in total. The molecule has 2 aromatic rings. The summed E-state index contributed by atoms with van der Waals surface area (Å²) in [6.07, 6.45) is 1.71. The van der Waals surface area contributed by atoms with E-state index in [1.165, 1.54) is 22.3 Å². The summed E-state index contributed by atoms with van der Waals surface area (Å²) in [4.78, 5) is 0. The first-order valence-corrected chi connectivity index (χ1v) is 8.24. The van der Waals surface area contributed by atoms with Crippen LogP contribution in [0.25, 0.3) is 0 Å². The molecule has 0 saturated heterocycles. The van der Waals surface area contributed by atoms with Crippen LogP contribution in [0.15, 0.2) is 36.4 Å². The summed E-state index contributed by atoms with van der Waals surface area (Å²) >= 11 is 0. The van der Waals surface area contributed by atoms with Gasteiger partial charge in [0.15, 0.2) is 0 Å². The number of aryl methyl sites for hydroxylation is 4. The predicted molar refractivity (Wildman–Crippen MR) is 94.9 cm³/mol. The number of ether oxygens (including phenoxy) is 1. The lowest BCUT2D eigenvalue weighted by atomic mass is 9.88. The van der Waals surface area contributed by atoms with Crippen LogP contribution in [-0.4, -0.2) is 6.61 Å². The topological polar surface area (TPSA) is 33.0 Å². The highest BCUT2D eigenvalue weighted by atomic mass is 16.5. The minimum atomic E-state index is -0.120. The molecule has 0 aliphatic heterocycles. The van der Waals surface area contributed by atoms with Crippen molar-refractivity contribution in [3.63, 3.8) is 0 Å². The predicted octanol–water partition coefficient (Wildman–Crippen LogP) is 5.25. The Morgan fingerprint density at radius 1 is 1.09 bits per heavy atom. The highest BCUT2D eigenvalue weighted by Gasteiger charge is 2.16. The molecule has 0 aliphatic rings. The number of hydrogen-bond acceptors (Lipinski definition) is 2. The van der Waals surface area contributed by atoms with Crippen LogP contribution in [0.1, 0.15) is 47.1 Å². The zero-order valence-electron chi connectivity index (χ0n) is 14.5. The van der Waals surface area contributed by atoms with Crippen LogP contribution in [0.4, 0.5) is 0 Å².